The van der Waals surface area contributed by atoms with Gasteiger partial charge >= 0.3 is 0 Å². The molecule has 0 aliphatic heterocycles. The van der Waals surface area contributed by atoms with E-state index >= 15 is 0 Å². The van der Waals surface area contributed by atoms with E-state index in [4.69, 9.17) is 35.8 Å². The highest BCUT2D eigenvalue weighted by atomic mass is 127. The zero-order valence-corrected chi connectivity index (χ0v) is 46.4. The molecule has 382 valence electrons. The third-order valence-electron chi connectivity index (χ3n) is 12.8. The summed E-state index contributed by atoms with van der Waals surface area (Å²) >= 11 is 2.38. The number of nitrogens with one attached hydrogen (secondary N) is 1. The van der Waals surface area contributed by atoms with Gasteiger partial charge in [-0.05, 0) is 145 Å². The van der Waals surface area contributed by atoms with Gasteiger partial charge in [0.2, 0.25) is 0 Å². The van der Waals surface area contributed by atoms with E-state index in [0.29, 0.717) is 27.8 Å². The van der Waals surface area contributed by atoms with E-state index in [1.165, 1.54) is 28.8 Å². The van der Waals surface area contributed by atoms with Crippen molar-refractivity contribution in [2.75, 3.05) is 17.6 Å². The average molecular weight is 1130 g/mol. The summed E-state index contributed by atoms with van der Waals surface area (Å²) in [5, 5.41) is 67.8. The Morgan fingerprint density at radius 3 is 1.45 bits per heavy atom. The van der Waals surface area contributed by atoms with Gasteiger partial charge in [0.15, 0.2) is 8.32 Å². The van der Waals surface area contributed by atoms with Crippen molar-refractivity contribution in [2.45, 2.75) is 84.7 Å². The second-order valence-corrected chi connectivity index (χ2v) is 24.9. The molecule has 9 rings (SSSR count). The highest BCUT2D eigenvalue weighted by molar-refractivity contribution is 14.1. The Bertz CT molecular complexity index is 3490. The van der Waals surface area contributed by atoms with Gasteiger partial charge in [-0.25, -0.2) is 0 Å². The number of aromatic nitrogens is 4. The summed E-state index contributed by atoms with van der Waals surface area (Å²) < 4.78 is 13.9. The van der Waals surface area contributed by atoms with Gasteiger partial charge in [-0.1, -0.05) is 73.7 Å². The molecule has 4 heterocycles. The molecule has 0 bridgehead atoms. The lowest BCUT2D eigenvalue weighted by Crippen LogP contribution is -2.41. The Morgan fingerprint density at radius 2 is 1.03 bits per heavy atom. The Kier molecular flexibility index (Phi) is 21.5. The second-order valence-electron chi connectivity index (χ2n) is 19.0. The van der Waals surface area contributed by atoms with Gasteiger partial charge in [0.05, 0.1) is 63.1 Å². The van der Waals surface area contributed by atoms with Crippen LogP contribution in [0.25, 0.3) is 43.6 Å². The molecule has 0 aliphatic rings. The summed E-state index contributed by atoms with van der Waals surface area (Å²) in [6.07, 6.45) is 10.9. The van der Waals surface area contributed by atoms with Crippen LogP contribution in [0.4, 0.5) is 5.69 Å². The highest BCUT2D eigenvalue weighted by Crippen LogP contribution is 2.36. The zero-order valence-electron chi connectivity index (χ0n) is 43.2. The molecule has 0 amide bonds. The van der Waals surface area contributed by atoms with E-state index < -0.39 is 13.2 Å². The molecule has 9 aromatic rings. The first-order valence-corrected chi connectivity index (χ1v) is 28.8. The normalized spacial score (nSPS) is 10.7. The molecule has 0 saturated heterocycles. The van der Waals surface area contributed by atoms with Crippen molar-refractivity contribution >= 4 is 80.2 Å². The minimum atomic E-state index is -1.65. The standard InChI is InChI=1S/C18H26N2OSi.C12H11IN2.C12H12N2O.C9H6N2.C8H6N2O2/c1-18(2,3)22(4,5)21-12-6-10-20-11-9-16-8-7-15(14-19)13-17(16)20;13-5-1-6-15-7-4-11-3-2-10(9-14)8-12(11)15;13-9-10-2-3-11-4-6-14(5-1-7-15)12(11)8-10;10-6-7-1-2-8-3-4-11-9(8)5-7;1-6-2-3-7(5-9)4-8(6)10(11)12/h7-9,11,13H,6,10,12H2,1-5H3;2-4,7-8H,1,5-6H2;2-4,6,8,15H,1,5,7H2;1-5,11H;2-4H,1H3. The summed E-state index contributed by atoms with van der Waals surface area (Å²) in [5.74, 6) is 0. The fourth-order valence-electron chi connectivity index (χ4n) is 7.59. The molecule has 14 nitrogen and oxygen atoms in total. The molecular weight excluding hydrogens is 1070 g/mol. The van der Waals surface area contributed by atoms with Crippen LogP contribution in [-0.4, -0.2) is 54.7 Å². The average Bonchev–Trinajstić information content (AvgIpc) is 4.24. The molecule has 16 heteroatoms. The van der Waals surface area contributed by atoms with Crippen LogP contribution in [0, 0.1) is 73.7 Å². The monoisotopic (exact) mass is 1130 g/mol. The number of aromatic amines is 1. The van der Waals surface area contributed by atoms with Crippen molar-refractivity contribution in [2.24, 2.45) is 0 Å². The number of H-pyrrole nitrogens is 1. The summed E-state index contributed by atoms with van der Waals surface area (Å²) in [6.45, 7) is 16.7. The molecule has 0 fully saturated rings. The Labute approximate surface area is 453 Å². The molecular formula is C59H61IN10O4Si. The van der Waals surface area contributed by atoms with E-state index in [1.807, 2.05) is 103 Å². The van der Waals surface area contributed by atoms with Crippen LogP contribution >= 0.6 is 22.6 Å². The quantitative estimate of drug-likeness (QED) is 0.0296. The number of nitrogens with zero attached hydrogens (tertiary/aromatic N) is 9. The predicted octanol–water partition coefficient (Wildman–Crippen LogP) is 14.0. The van der Waals surface area contributed by atoms with Gasteiger partial charge in [-0.3, -0.25) is 10.1 Å². The second kappa shape index (κ2) is 27.9. The molecule has 0 saturated carbocycles. The van der Waals surface area contributed by atoms with E-state index in [0.717, 1.165) is 76.4 Å². The predicted molar refractivity (Wildman–Crippen MR) is 308 cm³/mol. The van der Waals surface area contributed by atoms with Gasteiger partial charge in [-0.2, -0.15) is 26.3 Å². The fraction of sp³-hybridized carbons (Fsp3) is 0.271. The number of alkyl halides is 1. The number of rotatable bonds is 12. The largest absolute Gasteiger partial charge is 0.417 e. The first-order chi connectivity index (χ1) is 36.0. The van der Waals surface area contributed by atoms with E-state index in [9.17, 15) is 10.1 Å². The Hall–Kier alpha value is -8.02. The minimum Gasteiger partial charge on any atom is -0.417 e. The van der Waals surface area contributed by atoms with Gasteiger partial charge in [-0.15, -0.1) is 0 Å². The molecule has 0 radical (unpaired) electrons. The summed E-state index contributed by atoms with van der Waals surface area (Å²) in [7, 11) is -1.65. The van der Waals surface area contributed by atoms with E-state index in [2.05, 4.69) is 124 Å². The third-order valence-corrected chi connectivity index (χ3v) is 18.1. The molecule has 2 N–H and O–H groups in total. The van der Waals surface area contributed by atoms with Crippen LogP contribution in [0.1, 0.15) is 73.4 Å². The van der Waals surface area contributed by atoms with Gasteiger partial charge < -0.3 is 28.2 Å². The van der Waals surface area contributed by atoms with Crippen molar-refractivity contribution in [3.8, 4) is 30.3 Å². The van der Waals surface area contributed by atoms with Crippen LogP contribution in [0.3, 0.4) is 0 Å². The molecule has 0 atom stereocenters. The minimum absolute atomic E-state index is 0.00551. The number of nitriles is 5. The van der Waals surface area contributed by atoms with Gasteiger partial charge in [0.1, 0.15) is 0 Å². The maximum atomic E-state index is 10.4. The van der Waals surface area contributed by atoms with Crippen molar-refractivity contribution < 1.29 is 14.5 Å². The molecule has 75 heavy (non-hydrogen) atoms. The first-order valence-electron chi connectivity index (χ1n) is 24.4. The van der Waals surface area contributed by atoms with Crippen LogP contribution in [0.2, 0.25) is 18.1 Å². The van der Waals surface area contributed by atoms with Crippen molar-refractivity contribution in [1.29, 1.82) is 26.3 Å². The molecule has 4 aromatic heterocycles. The van der Waals surface area contributed by atoms with Crippen LogP contribution in [-0.2, 0) is 24.1 Å². The van der Waals surface area contributed by atoms with Crippen molar-refractivity contribution in [1.82, 2.24) is 18.7 Å². The van der Waals surface area contributed by atoms with Gasteiger partial charge in [0, 0.05) is 95.8 Å². The van der Waals surface area contributed by atoms with Crippen LogP contribution < -0.4 is 0 Å². The molecule has 0 aliphatic carbocycles. The number of nitro groups is 1. The topological polar surface area (TPSA) is 222 Å². The summed E-state index contributed by atoms with van der Waals surface area (Å²) in [6, 6.07) is 46.0. The number of hydrogen-bond acceptors (Lipinski definition) is 9. The molecule has 0 unspecified atom stereocenters. The molecule has 5 aromatic carbocycles. The summed E-state index contributed by atoms with van der Waals surface area (Å²) in [4.78, 5) is 12.9. The number of halogens is 1. The number of nitro benzene ring substituents is 1. The van der Waals surface area contributed by atoms with E-state index in [1.54, 1.807) is 19.1 Å². The lowest BCUT2D eigenvalue weighted by Gasteiger charge is -2.36. The number of benzene rings is 5. The number of fused-ring (bicyclic) bond motifs is 4. The fourth-order valence-corrected chi connectivity index (χ4v) is 9.02. The van der Waals surface area contributed by atoms with Crippen molar-refractivity contribution in [3.05, 3.63) is 184 Å². The van der Waals surface area contributed by atoms with Gasteiger partial charge in [0.25, 0.3) is 5.69 Å². The number of aliphatic hydroxyl groups is 1. The zero-order chi connectivity index (χ0) is 54.5. The first kappa shape index (κ1) is 57.9. The highest BCUT2D eigenvalue weighted by Gasteiger charge is 2.36. The van der Waals surface area contributed by atoms with E-state index in [-0.39, 0.29) is 17.3 Å². The smallest absolute Gasteiger partial charge is 0.273 e. The number of hydrogen-bond donors (Lipinski definition) is 2. The maximum Gasteiger partial charge on any atom is 0.273 e. The number of aliphatic hydroxyl groups excluding tert-OH is 1. The lowest BCUT2D eigenvalue weighted by molar-refractivity contribution is -0.385. The summed E-state index contributed by atoms with van der Waals surface area (Å²) in [5.41, 5.74) is 8.06. The SMILES string of the molecule is CC(C)(C)[Si](C)(C)OCCCn1ccc2ccc(C#N)cc21.Cc1ccc(C#N)cc1[N+](=O)[O-].N#Cc1ccc2cc[nH]c2c1.N#Cc1ccc2ccn(CCCI)c2c1.N#Cc1ccc2ccn(CCCO)c2c1. The lowest BCUT2D eigenvalue weighted by atomic mass is 10.1. The van der Waals surface area contributed by atoms with Crippen LogP contribution in [0.15, 0.2) is 140 Å². The third kappa shape index (κ3) is 16.2. The maximum absolute atomic E-state index is 10.4. The Morgan fingerprint density at radius 1 is 0.613 bits per heavy atom. The van der Waals surface area contributed by atoms with Crippen molar-refractivity contribution in [3.63, 3.8) is 0 Å². The Balaban J connectivity index is 0.000000177. The number of aryl methyl sites for hydroxylation is 4. The van der Waals surface area contributed by atoms with Crippen LogP contribution in [0.5, 0.6) is 0 Å². The molecule has 0 spiro atoms.